The molecule has 1 aromatic rings. The summed E-state index contributed by atoms with van der Waals surface area (Å²) in [4.78, 5) is 0. The molecule has 1 aromatic heterocycles. The molecule has 0 radical (unpaired) electrons. The highest BCUT2D eigenvalue weighted by atomic mass is 32.1. The molecular weight excluding hydrogens is 172 g/mol. The van der Waals surface area contributed by atoms with Gasteiger partial charge in [-0.2, -0.15) is 0 Å². The molecule has 0 aliphatic carbocycles. The molecule has 1 unspecified atom stereocenters. The van der Waals surface area contributed by atoms with Crippen molar-refractivity contribution < 1.29 is 5.11 Å². The second-order valence-electron chi connectivity index (χ2n) is 3.31. The highest BCUT2D eigenvalue weighted by Gasteiger charge is 2.09. The fraction of sp³-hybridized carbons (Fsp3) is 0.750. The summed E-state index contributed by atoms with van der Waals surface area (Å²) in [5.74, 6) is 0.597. The van der Waals surface area contributed by atoms with Crippen molar-refractivity contribution in [1.29, 1.82) is 0 Å². The topological polar surface area (TPSA) is 46.0 Å². The van der Waals surface area contributed by atoms with E-state index >= 15 is 0 Å². The Balaban J connectivity index is 2.64. The lowest BCUT2D eigenvalue weighted by Crippen LogP contribution is -1.92. The molecule has 4 heteroatoms. The smallest absolute Gasteiger partial charge is 0.145 e. The molecule has 1 N–H and O–H groups in total. The minimum Gasteiger partial charge on any atom is -0.386 e. The van der Waals surface area contributed by atoms with Gasteiger partial charge >= 0.3 is 0 Å². The van der Waals surface area contributed by atoms with Crippen LogP contribution in [0.3, 0.4) is 0 Å². The van der Waals surface area contributed by atoms with E-state index in [2.05, 4.69) is 24.0 Å². The largest absolute Gasteiger partial charge is 0.386 e. The van der Waals surface area contributed by atoms with Crippen LogP contribution in [0, 0.1) is 5.92 Å². The minimum absolute atomic E-state index is 0.483. The first-order valence-corrected chi connectivity index (χ1v) is 4.91. The molecule has 12 heavy (non-hydrogen) atoms. The van der Waals surface area contributed by atoms with Crippen LogP contribution < -0.4 is 0 Å². The maximum atomic E-state index is 9.18. The average molecular weight is 186 g/mol. The number of rotatable bonds is 3. The lowest BCUT2D eigenvalue weighted by Gasteiger charge is -1.97. The van der Waals surface area contributed by atoms with Crippen molar-refractivity contribution in [3.05, 3.63) is 10.0 Å². The molecule has 0 fully saturated rings. The zero-order valence-corrected chi connectivity index (χ0v) is 8.43. The van der Waals surface area contributed by atoms with Gasteiger partial charge in [0.1, 0.15) is 16.1 Å². The molecule has 0 aliphatic rings. The normalized spacial score (nSPS) is 13.8. The molecule has 1 rings (SSSR count). The van der Waals surface area contributed by atoms with Crippen LogP contribution in [0.15, 0.2) is 0 Å². The van der Waals surface area contributed by atoms with Crippen LogP contribution >= 0.6 is 11.3 Å². The number of aromatic nitrogens is 2. The van der Waals surface area contributed by atoms with Crippen molar-refractivity contribution in [1.82, 2.24) is 10.2 Å². The zero-order chi connectivity index (χ0) is 9.14. The summed E-state index contributed by atoms with van der Waals surface area (Å²) in [6, 6.07) is 0. The molecule has 1 atom stereocenters. The first-order chi connectivity index (χ1) is 5.59. The standard InChI is InChI=1S/C8H14N2OS/c1-5(2)4-7-9-10-8(12-7)6(3)11/h5-6,11H,4H2,1-3H3. The minimum atomic E-state index is -0.483. The lowest BCUT2D eigenvalue weighted by molar-refractivity contribution is 0.198. The van der Waals surface area contributed by atoms with Gasteiger partial charge in [0.25, 0.3) is 0 Å². The van der Waals surface area contributed by atoms with Crippen LogP contribution in [-0.4, -0.2) is 15.3 Å². The summed E-state index contributed by atoms with van der Waals surface area (Å²) in [6.45, 7) is 5.99. The number of aliphatic hydroxyl groups is 1. The van der Waals surface area contributed by atoms with Gasteiger partial charge in [0.15, 0.2) is 0 Å². The van der Waals surface area contributed by atoms with E-state index in [-0.39, 0.29) is 0 Å². The maximum absolute atomic E-state index is 9.18. The summed E-state index contributed by atoms with van der Waals surface area (Å²) in [7, 11) is 0. The Morgan fingerprint density at radius 1 is 1.33 bits per heavy atom. The van der Waals surface area contributed by atoms with Gasteiger partial charge in [0.2, 0.25) is 0 Å². The van der Waals surface area contributed by atoms with Gasteiger partial charge in [0.05, 0.1) is 0 Å². The quantitative estimate of drug-likeness (QED) is 0.782. The summed E-state index contributed by atoms with van der Waals surface area (Å²) < 4.78 is 0. The van der Waals surface area contributed by atoms with Gasteiger partial charge in [-0.1, -0.05) is 25.2 Å². The number of hydrogen-bond acceptors (Lipinski definition) is 4. The van der Waals surface area contributed by atoms with Crippen molar-refractivity contribution in [3.8, 4) is 0 Å². The Kier molecular flexibility index (Phi) is 3.17. The summed E-state index contributed by atoms with van der Waals surface area (Å²) in [5, 5.41) is 18.8. The van der Waals surface area contributed by atoms with Crippen LogP contribution in [0.1, 0.15) is 36.9 Å². The average Bonchev–Trinajstić information content (AvgIpc) is 2.34. The fourth-order valence-corrected chi connectivity index (χ4v) is 1.86. The van der Waals surface area contributed by atoms with Crippen LogP contribution in [0.2, 0.25) is 0 Å². The monoisotopic (exact) mass is 186 g/mol. The van der Waals surface area contributed by atoms with Gasteiger partial charge in [0, 0.05) is 6.42 Å². The Hall–Kier alpha value is -0.480. The first kappa shape index (κ1) is 9.61. The van der Waals surface area contributed by atoms with E-state index in [1.54, 1.807) is 6.92 Å². The molecule has 0 saturated heterocycles. The van der Waals surface area contributed by atoms with Crippen molar-refractivity contribution in [3.63, 3.8) is 0 Å². The van der Waals surface area contributed by atoms with E-state index in [1.165, 1.54) is 11.3 Å². The number of hydrogen-bond donors (Lipinski definition) is 1. The predicted octanol–water partition coefficient (Wildman–Crippen LogP) is 1.79. The predicted molar refractivity (Wildman–Crippen MR) is 49.1 cm³/mol. The van der Waals surface area contributed by atoms with Crippen molar-refractivity contribution in [2.24, 2.45) is 5.92 Å². The fourth-order valence-electron chi connectivity index (χ4n) is 0.867. The van der Waals surface area contributed by atoms with E-state index in [4.69, 9.17) is 0 Å². The third kappa shape index (κ3) is 2.53. The maximum Gasteiger partial charge on any atom is 0.145 e. The van der Waals surface area contributed by atoms with E-state index in [9.17, 15) is 5.11 Å². The lowest BCUT2D eigenvalue weighted by atomic mass is 10.1. The summed E-state index contributed by atoms with van der Waals surface area (Å²) in [5.41, 5.74) is 0. The molecule has 3 nitrogen and oxygen atoms in total. The number of nitrogens with zero attached hydrogens (tertiary/aromatic N) is 2. The highest BCUT2D eigenvalue weighted by molar-refractivity contribution is 7.11. The van der Waals surface area contributed by atoms with Crippen molar-refractivity contribution in [2.75, 3.05) is 0 Å². The van der Waals surface area contributed by atoms with Gasteiger partial charge in [-0.3, -0.25) is 0 Å². The Morgan fingerprint density at radius 3 is 2.42 bits per heavy atom. The SMILES string of the molecule is CC(C)Cc1nnc(C(C)O)s1. The molecule has 1 heterocycles. The molecule has 68 valence electrons. The number of aliphatic hydroxyl groups excluding tert-OH is 1. The molecule has 0 saturated carbocycles. The van der Waals surface area contributed by atoms with Gasteiger partial charge < -0.3 is 5.11 Å². The Labute approximate surface area is 76.5 Å². The van der Waals surface area contributed by atoms with Crippen molar-refractivity contribution >= 4 is 11.3 Å². The zero-order valence-electron chi connectivity index (χ0n) is 7.61. The van der Waals surface area contributed by atoms with E-state index in [0.29, 0.717) is 10.9 Å². The Bertz CT molecular complexity index is 245. The molecule has 0 bridgehead atoms. The van der Waals surface area contributed by atoms with E-state index < -0.39 is 6.10 Å². The van der Waals surface area contributed by atoms with Gasteiger partial charge in [-0.25, -0.2) is 0 Å². The van der Waals surface area contributed by atoms with Crippen LogP contribution in [0.4, 0.5) is 0 Å². The van der Waals surface area contributed by atoms with E-state index in [0.717, 1.165) is 11.4 Å². The summed E-state index contributed by atoms with van der Waals surface area (Å²) in [6.07, 6.45) is 0.466. The molecule has 0 amide bonds. The third-order valence-electron chi connectivity index (χ3n) is 1.42. The highest BCUT2D eigenvalue weighted by Crippen LogP contribution is 2.19. The van der Waals surface area contributed by atoms with Gasteiger partial charge in [-0.15, -0.1) is 10.2 Å². The summed E-state index contributed by atoms with van der Waals surface area (Å²) >= 11 is 1.50. The van der Waals surface area contributed by atoms with E-state index in [1.807, 2.05) is 0 Å². The second-order valence-corrected chi connectivity index (χ2v) is 4.40. The van der Waals surface area contributed by atoms with Crippen LogP contribution in [0.25, 0.3) is 0 Å². The first-order valence-electron chi connectivity index (χ1n) is 4.10. The Morgan fingerprint density at radius 2 is 2.00 bits per heavy atom. The molecule has 0 aromatic carbocycles. The molecule has 0 aliphatic heterocycles. The third-order valence-corrected chi connectivity index (χ3v) is 2.54. The van der Waals surface area contributed by atoms with Crippen LogP contribution in [-0.2, 0) is 6.42 Å². The molecule has 0 spiro atoms. The second kappa shape index (κ2) is 3.96. The van der Waals surface area contributed by atoms with Gasteiger partial charge in [-0.05, 0) is 12.8 Å². The molecular formula is C8H14N2OS. The van der Waals surface area contributed by atoms with Crippen molar-refractivity contribution in [2.45, 2.75) is 33.3 Å². The van der Waals surface area contributed by atoms with Crippen LogP contribution in [0.5, 0.6) is 0 Å².